The Morgan fingerprint density at radius 2 is 2.20 bits per heavy atom. The number of nitrogens with zero attached hydrogens (tertiary/aromatic N) is 3. The molecule has 0 aliphatic rings. The van der Waals surface area contributed by atoms with Crippen LogP contribution in [-0.2, 0) is 19.4 Å². The lowest BCUT2D eigenvalue weighted by Crippen LogP contribution is -2.11. The smallest absolute Gasteiger partial charge is 0.147 e. The molecule has 0 aromatic carbocycles. The van der Waals surface area contributed by atoms with Gasteiger partial charge in [0.1, 0.15) is 17.6 Å². The largest absolute Gasteiger partial charge is 0.386 e. The minimum atomic E-state index is -1.04. The fraction of sp³-hybridized carbons (Fsp3) is 0.429. The first-order valence-corrected chi connectivity index (χ1v) is 6.98. The average molecular weight is 298 g/mol. The number of aromatic nitrogens is 3. The quantitative estimate of drug-likeness (QED) is 0.923. The van der Waals surface area contributed by atoms with Crippen LogP contribution in [0.4, 0.5) is 4.39 Å². The maximum atomic E-state index is 13.6. The van der Waals surface area contributed by atoms with Crippen molar-refractivity contribution < 1.29 is 9.50 Å². The van der Waals surface area contributed by atoms with Crippen LogP contribution >= 0.6 is 11.6 Å². The second-order valence-corrected chi connectivity index (χ2v) is 4.85. The summed E-state index contributed by atoms with van der Waals surface area (Å²) >= 11 is 6.27. The molecule has 0 spiro atoms. The monoisotopic (exact) mass is 297 g/mol. The zero-order valence-corrected chi connectivity index (χ0v) is 12.2. The van der Waals surface area contributed by atoms with Crippen molar-refractivity contribution in [3.05, 3.63) is 46.3 Å². The van der Waals surface area contributed by atoms with Gasteiger partial charge in [0.25, 0.3) is 0 Å². The van der Waals surface area contributed by atoms with Gasteiger partial charge in [0, 0.05) is 19.2 Å². The lowest BCUT2D eigenvalue weighted by atomic mass is 10.1. The van der Waals surface area contributed by atoms with Crippen molar-refractivity contribution in [2.24, 2.45) is 0 Å². The van der Waals surface area contributed by atoms with Crippen LogP contribution in [0.1, 0.15) is 37.0 Å². The van der Waals surface area contributed by atoms with Crippen LogP contribution in [0.15, 0.2) is 18.3 Å². The highest BCUT2D eigenvalue weighted by Crippen LogP contribution is 2.27. The number of hydrogen-bond donors (Lipinski definition) is 1. The molecule has 0 amide bonds. The number of pyridine rings is 1. The second kappa shape index (κ2) is 6.33. The summed E-state index contributed by atoms with van der Waals surface area (Å²) in [7, 11) is 0. The molecule has 4 nitrogen and oxygen atoms in total. The Bertz CT molecular complexity index is 600. The Hall–Kier alpha value is -1.46. The molecule has 0 aliphatic carbocycles. The van der Waals surface area contributed by atoms with E-state index in [-0.39, 0.29) is 12.1 Å². The minimum Gasteiger partial charge on any atom is -0.386 e. The summed E-state index contributed by atoms with van der Waals surface area (Å²) in [5.74, 6) is -0.519. The van der Waals surface area contributed by atoms with Gasteiger partial charge in [-0.15, -0.1) is 0 Å². The molecule has 20 heavy (non-hydrogen) atoms. The van der Waals surface area contributed by atoms with E-state index < -0.39 is 11.9 Å². The van der Waals surface area contributed by atoms with Gasteiger partial charge in [0.15, 0.2) is 0 Å². The molecule has 0 saturated heterocycles. The number of rotatable bonds is 5. The molecule has 2 aromatic rings. The van der Waals surface area contributed by atoms with Gasteiger partial charge >= 0.3 is 0 Å². The van der Waals surface area contributed by atoms with Gasteiger partial charge in [-0.05, 0) is 25.5 Å². The van der Waals surface area contributed by atoms with E-state index in [1.165, 1.54) is 18.3 Å². The van der Waals surface area contributed by atoms with Crippen molar-refractivity contribution >= 4 is 11.6 Å². The summed E-state index contributed by atoms with van der Waals surface area (Å²) < 4.78 is 15.4. The van der Waals surface area contributed by atoms with Crippen LogP contribution in [-0.4, -0.2) is 19.9 Å². The molecule has 0 saturated carbocycles. The van der Waals surface area contributed by atoms with Crippen LogP contribution < -0.4 is 0 Å². The number of aryl methyl sites for hydroxylation is 2. The lowest BCUT2D eigenvalue weighted by molar-refractivity contribution is 0.165. The molecule has 0 aliphatic heterocycles. The lowest BCUT2D eigenvalue weighted by Gasteiger charge is -2.12. The van der Waals surface area contributed by atoms with Crippen molar-refractivity contribution in [2.75, 3.05) is 0 Å². The van der Waals surface area contributed by atoms with Crippen molar-refractivity contribution in [3.63, 3.8) is 0 Å². The third kappa shape index (κ3) is 2.83. The van der Waals surface area contributed by atoms with E-state index in [0.29, 0.717) is 23.7 Å². The molecule has 2 heterocycles. The highest BCUT2D eigenvalue weighted by atomic mass is 35.5. The third-order valence-corrected chi connectivity index (χ3v) is 3.62. The normalized spacial score (nSPS) is 12.7. The predicted octanol–water partition coefficient (Wildman–Crippen LogP) is 2.93. The van der Waals surface area contributed by atoms with Crippen LogP contribution in [0.2, 0.25) is 5.02 Å². The van der Waals surface area contributed by atoms with Crippen molar-refractivity contribution in [1.29, 1.82) is 0 Å². The zero-order valence-electron chi connectivity index (χ0n) is 11.5. The third-order valence-electron chi connectivity index (χ3n) is 3.18. The first-order valence-electron chi connectivity index (χ1n) is 6.60. The molecular formula is C14H17ClFN3O. The Labute approximate surface area is 122 Å². The van der Waals surface area contributed by atoms with E-state index >= 15 is 0 Å². The van der Waals surface area contributed by atoms with Crippen LogP contribution in [0, 0.1) is 5.82 Å². The molecule has 2 aromatic heterocycles. The number of hydrogen-bond acceptors (Lipinski definition) is 3. The van der Waals surface area contributed by atoms with Gasteiger partial charge < -0.3 is 5.11 Å². The fourth-order valence-corrected chi connectivity index (χ4v) is 2.48. The van der Waals surface area contributed by atoms with E-state index in [1.807, 2.05) is 13.8 Å². The Morgan fingerprint density at radius 3 is 2.80 bits per heavy atom. The molecular weight excluding hydrogens is 281 g/mol. The van der Waals surface area contributed by atoms with E-state index in [4.69, 9.17) is 11.6 Å². The summed E-state index contributed by atoms with van der Waals surface area (Å²) in [4.78, 5) is 3.89. The molecule has 1 N–H and O–H groups in total. The Kier molecular flexibility index (Phi) is 4.73. The second-order valence-electron chi connectivity index (χ2n) is 4.47. The van der Waals surface area contributed by atoms with Crippen molar-refractivity contribution in [3.8, 4) is 0 Å². The SMILES string of the molecule is CCc1nn(CC)c(CC(O)c2ncccc2F)c1Cl. The summed E-state index contributed by atoms with van der Waals surface area (Å²) in [6, 6.07) is 2.77. The molecule has 1 unspecified atom stereocenters. The van der Waals surface area contributed by atoms with Crippen LogP contribution in [0.5, 0.6) is 0 Å². The first kappa shape index (κ1) is 14.9. The van der Waals surface area contributed by atoms with Gasteiger partial charge in [-0.1, -0.05) is 18.5 Å². The van der Waals surface area contributed by atoms with Crippen LogP contribution in [0.3, 0.4) is 0 Å². The average Bonchev–Trinajstić information content (AvgIpc) is 2.75. The standard InChI is InChI=1S/C14H17ClFN3O/c1-3-10-13(15)11(19(4-2)18-10)8-12(20)14-9(16)6-5-7-17-14/h5-7,12,20H,3-4,8H2,1-2H3. The van der Waals surface area contributed by atoms with Gasteiger partial charge in [-0.3, -0.25) is 9.67 Å². The maximum absolute atomic E-state index is 13.6. The first-order chi connectivity index (χ1) is 9.58. The van der Waals surface area contributed by atoms with Crippen molar-refractivity contribution in [1.82, 2.24) is 14.8 Å². The number of halogens is 2. The molecule has 0 radical (unpaired) electrons. The van der Waals surface area contributed by atoms with Gasteiger partial charge in [-0.25, -0.2) is 4.39 Å². The van der Waals surface area contributed by atoms with Crippen molar-refractivity contribution in [2.45, 2.75) is 39.3 Å². The summed E-state index contributed by atoms with van der Waals surface area (Å²) in [5, 5.41) is 15.1. The van der Waals surface area contributed by atoms with Crippen LogP contribution in [0.25, 0.3) is 0 Å². The summed E-state index contributed by atoms with van der Waals surface area (Å²) in [6.45, 7) is 4.55. The van der Waals surface area contributed by atoms with Gasteiger partial charge in [-0.2, -0.15) is 5.10 Å². The molecule has 108 valence electrons. The number of aliphatic hydroxyl groups is 1. The van der Waals surface area contributed by atoms with E-state index in [1.54, 1.807) is 4.68 Å². The number of aliphatic hydroxyl groups excluding tert-OH is 1. The maximum Gasteiger partial charge on any atom is 0.147 e. The summed E-state index contributed by atoms with van der Waals surface area (Å²) in [5.41, 5.74) is 1.53. The molecule has 6 heteroatoms. The highest BCUT2D eigenvalue weighted by molar-refractivity contribution is 6.31. The Morgan fingerprint density at radius 1 is 1.45 bits per heavy atom. The molecule has 2 rings (SSSR count). The zero-order chi connectivity index (χ0) is 14.7. The van der Waals surface area contributed by atoms with E-state index in [0.717, 1.165) is 5.69 Å². The predicted molar refractivity (Wildman–Crippen MR) is 75.1 cm³/mol. The fourth-order valence-electron chi connectivity index (χ4n) is 2.14. The van der Waals surface area contributed by atoms with Gasteiger partial charge in [0.05, 0.1) is 16.4 Å². The summed E-state index contributed by atoms with van der Waals surface area (Å²) in [6.07, 6.45) is 1.32. The van der Waals surface area contributed by atoms with E-state index in [9.17, 15) is 9.50 Å². The van der Waals surface area contributed by atoms with E-state index in [2.05, 4.69) is 10.1 Å². The van der Waals surface area contributed by atoms with Gasteiger partial charge in [0.2, 0.25) is 0 Å². The topological polar surface area (TPSA) is 50.9 Å². The highest BCUT2D eigenvalue weighted by Gasteiger charge is 2.21. The molecule has 0 bridgehead atoms. The minimum absolute atomic E-state index is 0.0328. The molecule has 1 atom stereocenters. The Balaban J connectivity index is 2.30. The molecule has 0 fully saturated rings.